The number of halogens is 2. The second kappa shape index (κ2) is 6.73. The molecule has 1 unspecified atom stereocenters. The van der Waals surface area contributed by atoms with E-state index in [0.29, 0.717) is 0 Å². The molecular formula is C11H14F2N2O4S. The molecule has 0 bridgehead atoms. The van der Waals surface area contributed by atoms with E-state index >= 15 is 0 Å². The topological polar surface area (TPSA) is 98.5 Å². The summed E-state index contributed by atoms with van der Waals surface area (Å²) in [5.41, 5.74) is 5.73. The largest absolute Gasteiger partial charge is 0.383 e. The van der Waals surface area contributed by atoms with Gasteiger partial charge in [0.2, 0.25) is 15.7 Å². The van der Waals surface area contributed by atoms with Crippen LogP contribution in [0.25, 0.3) is 0 Å². The van der Waals surface area contributed by atoms with Crippen LogP contribution in [0.3, 0.4) is 0 Å². The highest BCUT2D eigenvalue weighted by molar-refractivity contribution is 7.91. The lowest BCUT2D eigenvalue weighted by Gasteiger charge is -2.11. The van der Waals surface area contributed by atoms with E-state index in [9.17, 15) is 22.0 Å². The van der Waals surface area contributed by atoms with Gasteiger partial charge in [0, 0.05) is 12.8 Å². The molecule has 1 aromatic rings. The highest BCUT2D eigenvalue weighted by Gasteiger charge is 2.26. The standard InChI is InChI=1S/C11H14F2N2O4S/c1-19-6-9(14)10(16)15-7-2-4-8(5-3-7)20(17,18)11(12)13/h2-5,9,11H,6,14H2,1H3,(H,15,16). The summed E-state index contributed by atoms with van der Waals surface area (Å²) in [6.07, 6.45) is 0. The molecule has 9 heteroatoms. The second-order valence-electron chi connectivity index (χ2n) is 3.88. The van der Waals surface area contributed by atoms with Crippen molar-refractivity contribution < 1.29 is 26.7 Å². The molecule has 0 fully saturated rings. The van der Waals surface area contributed by atoms with Crippen molar-refractivity contribution in [3.63, 3.8) is 0 Å². The molecule has 0 heterocycles. The number of nitrogens with one attached hydrogen (secondary N) is 1. The van der Waals surface area contributed by atoms with E-state index < -0.39 is 32.4 Å². The first-order valence-electron chi connectivity index (χ1n) is 5.46. The first-order chi connectivity index (χ1) is 9.28. The lowest BCUT2D eigenvalue weighted by Crippen LogP contribution is -2.39. The molecule has 0 aromatic heterocycles. The second-order valence-corrected chi connectivity index (χ2v) is 5.80. The number of alkyl halides is 2. The lowest BCUT2D eigenvalue weighted by atomic mass is 10.2. The van der Waals surface area contributed by atoms with Gasteiger partial charge in [0.05, 0.1) is 11.5 Å². The molecular weight excluding hydrogens is 294 g/mol. The Kier molecular flexibility index (Phi) is 5.54. The van der Waals surface area contributed by atoms with Crippen LogP contribution in [0.1, 0.15) is 0 Å². The number of nitrogens with two attached hydrogens (primary N) is 1. The Balaban J connectivity index is 2.80. The van der Waals surface area contributed by atoms with Gasteiger partial charge in [0.25, 0.3) is 0 Å². The molecule has 0 aliphatic heterocycles. The zero-order valence-corrected chi connectivity index (χ0v) is 11.4. The Morgan fingerprint density at radius 2 is 1.90 bits per heavy atom. The highest BCUT2D eigenvalue weighted by atomic mass is 32.2. The summed E-state index contributed by atoms with van der Waals surface area (Å²) in [6.45, 7) is 0.0175. The molecule has 1 atom stereocenters. The third kappa shape index (κ3) is 3.95. The molecule has 0 saturated heterocycles. The van der Waals surface area contributed by atoms with Crippen molar-refractivity contribution in [3.8, 4) is 0 Å². The van der Waals surface area contributed by atoms with Gasteiger partial charge < -0.3 is 15.8 Å². The summed E-state index contributed by atoms with van der Waals surface area (Å²) < 4.78 is 51.7. The van der Waals surface area contributed by atoms with Gasteiger partial charge in [0.1, 0.15) is 6.04 Å². The number of carbonyl (C=O) groups is 1. The zero-order valence-electron chi connectivity index (χ0n) is 10.5. The predicted octanol–water partition coefficient (Wildman–Crippen LogP) is 0.595. The van der Waals surface area contributed by atoms with Crippen molar-refractivity contribution in [1.82, 2.24) is 0 Å². The average molecular weight is 308 g/mol. The smallest absolute Gasteiger partial charge is 0.341 e. The summed E-state index contributed by atoms with van der Waals surface area (Å²) in [5.74, 6) is -4.02. The maximum absolute atomic E-state index is 12.3. The Labute approximate surface area is 114 Å². The summed E-state index contributed by atoms with van der Waals surface area (Å²) in [4.78, 5) is 11.0. The number of benzene rings is 1. The van der Waals surface area contributed by atoms with Gasteiger partial charge in [-0.1, -0.05) is 0 Å². The third-order valence-electron chi connectivity index (χ3n) is 2.37. The van der Waals surface area contributed by atoms with Gasteiger partial charge in [-0.15, -0.1) is 0 Å². The van der Waals surface area contributed by atoms with Crippen molar-refractivity contribution in [1.29, 1.82) is 0 Å². The number of ether oxygens (including phenoxy) is 1. The average Bonchev–Trinajstić information content (AvgIpc) is 2.39. The summed E-state index contributed by atoms with van der Waals surface area (Å²) in [6, 6.07) is 3.49. The number of hydrogen-bond donors (Lipinski definition) is 2. The Bertz CT molecular complexity index is 560. The molecule has 112 valence electrons. The van der Waals surface area contributed by atoms with Crippen molar-refractivity contribution >= 4 is 21.4 Å². The van der Waals surface area contributed by atoms with E-state index in [1.54, 1.807) is 0 Å². The van der Waals surface area contributed by atoms with Gasteiger partial charge >= 0.3 is 5.76 Å². The maximum Gasteiger partial charge on any atom is 0.341 e. The fourth-order valence-electron chi connectivity index (χ4n) is 1.32. The summed E-state index contributed by atoms with van der Waals surface area (Å²) in [7, 11) is -3.25. The number of methoxy groups -OCH3 is 1. The normalized spacial score (nSPS) is 13.2. The third-order valence-corrected chi connectivity index (χ3v) is 3.77. The number of sulfone groups is 1. The minimum absolute atomic E-state index is 0.0175. The zero-order chi connectivity index (χ0) is 15.3. The van der Waals surface area contributed by atoms with Crippen molar-refractivity contribution in [2.24, 2.45) is 5.73 Å². The van der Waals surface area contributed by atoms with Crippen LogP contribution in [0.4, 0.5) is 14.5 Å². The van der Waals surface area contributed by atoms with Gasteiger partial charge in [-0.3, -0.25) is 4.79 Å². The van der Waals surface area contributed by atoms with Crippen LogP contribution in [0, 0.1) is 0 Å². The molecule has 6 nitrogen and oxygen atoms in total. The van der Waals surface area contributed by atoms with E-state index in [2.05, 4.69) is 5.32 Å². The summed E-state index contributed by atoms with van der Waals surface area (Å²) in [5, 5.41) is 2.41. The van der Waals surface area contributed by atoms with E-state index in [-0.39, 0.29) is 12.3 Å². The quantitative estimate of drug-likeness (QED) is 0.801. The fraction of sp³-hybridized carbons (Fsp3) is 0.364. The van der Waals surface area contributed by atoms with Crippen LogP contribution in [-0.4, -0.2) is 39.8 Å². The number of anilines is 1. The van der Waals surface area contributed by atoms with Crippen LogP contribution in [0.15, 0.2) is 29.2 Å². The van der Waals surface area contributed by atoms with Crippen molar-refractivity contribution in [2.75, 3.05) is 19.0 Å². The first-order valence-corrected chi connectivity index (χ1v) is 7.01. The fourth-order valence-corrected chi connectivity index (χ4v) is 2.04. The molecule has 1 amide bonds. The van der Waals surface area contributed by atoms with E-state index in [1.807, 2.05) is 0 Å². The van der Waals surface area contributed by atoms with Crippen LogP contribution in [-0.2, 0) is 19.4 Å². The minimum atomic E-state index is -4.64. The molecule has 3 N–H and O–H groups in total. The van der Waals surface area contributed by atoms with Gasteiger partial charge in [-0.05, 0) is 24.3 Å². The van der Waals surface area contributed by atoms with Crippen molar-refractivity contribution in [2.45, 2.75) is 16.7 Å². The molecule has 0 spiro atoms. The Hall–Kier alpha value is -1.58. The van der Waals surface area contributed by atoms with Crippen LogP contribution >= 0.6 is 0 Å². The van der Waals surface area contributed by atoms with E-state index in [1.165, 1.54) is 19.2 Å². The number of hydrogen-bond acceptors (Lipinski definition) is 5. The first kappa shape index (κ1) is 16.5. The highest BCUT2D eigenvalue weighted by Crippen LogP contribution is 2.20. The van der Waals surface area contributed by atoms with Gasteiger partial charge in [-0.2, -0.15) is 8.78 Å². The Morgan fingerprint density at radius 3 is 2.35 bits per heavy atom. The number of carbonyl (C=O) groups excluding carboxylic acids is 1. The number of amides is 1. The van der Waals surface area contributed by atoms with Crippen LogP contribution in [0.5, 0.6) is 0 Å². The van der Waals surface area contributed by atoms with Gasteiger partial charge in [0.15, 0.2) is 0 Å². The molecule has 0 radical (unpaired) electrons. The molecule has 0 saturated carbocycles. The van der Waals surface area contributed by atoms with E-state index in [4.69, 9.17) is 10.5 Å². The molecule has 0 aliphatic carbocycles. The Morgan fingerprint density at radius 1 is 1.35 bits per heavy atom. The SMILES string of the molecule is COCC(N)C(=O)Nc1ccc(S(=O)(=O)C(F)F)cc1. The molecule has 1 rings (SSSR count). The molecule has 20 heavy (non-hydrogen) atoms. The maximum atomic E-state index is 12.3. The lowest BCUT2D eigenvalue weighted by molar-refractivity contribution is -0.118. The minimum Gasteiger partial charge on any atom is -0.383 e. The summed E-state index contributed by atoms with van der Waals surface area (Å²) >= 11 is 0. The predicted molar refractivity (Wildman–Crippen MR) is 68.1 cm³/mol. The molecule has 1 aromatic carbocycles. The van der Waals surface area contributed by atoms with Crippen LogP contribution < -0.4 is 11.1 Å². The van der Waals surface area contributed by atoms with Crippen molar-refractivity contribution in [3.05, 3.63) is 24.3 Å². The molecule has 0 aliphatic rings. The van der Waals surface area contributed by atoms with E-state index in [0.717, 1.165) is 12.1 Å². The van der Waals surface area contributed by atoms with Gasteiger partial charge in [-0.25, -0.2) is 8.42 Å². The monoisotopic (exact) mass is 308 g/mol. The number of rotatable bonds is 6. The van der Waals surface area contributed by atoms with Crippen LogP contribution in [0.2, 0.25) is 0 Å².